The monoisotopic (exact) mass is 3170 g/mol. The van der Waals surface area contributed by atoms with E-state index in [1.54, 1.807) is 0 Å². The van der Waals surface area contributed by atoms with Crippen molar-refractivity contribution in [3.8, 4) is 0 Å². The van der Waals surface area contributed by atoms with Gasteiger partial charge in [-0.05, 0) is 0 Å². The van der Waals surface area contributed by atoms with E-state index in [2.05, 4.69) is 0 Å². The second-order valence-corrected chi connectivity index (χ2v) is 0. The van der Waals surface area contributed by atoms with Crippen LogP contribution in [0.2, 0.25) is 0 Å². The first kappa shape index (κ1) is 10900. The summed E-state index contributed by atoms with van der Waals surface area (Å²) in [7, 11) is 0. The number of hydrogen-bond acceptors (Lipinski definition) is 2. The predicted octanol–water partition coefficient (Wildman–Crippen LogP) is -19.1. The summed E-state index contributed by atoms with van der Waals surface area (Å²) in [5.74, 6) is 0. The fourth-order valence-corrected chi connectivity index (χ4v) is 0. The Balaban J connectivity index is 0. The van der Waals surface area contributed by atoms with Crippen LogP contribution in [0.15, 0.2) is 0 Å². The second kappa shape index (κ2) is 10500. The second-order valence-electron chi connectivity index (χ2n) is 0. The van der Waals surface area contributed by atoms with Gasteiger partial charge in [0.15, 0.2) is 0 Å². The van der Waals surface area contributed by atoms with Crippen LogP contribution < -0.4 is 61.5 Å². The SMILES string of the molecule is N.N.O.O.O.O.O.O.O.O.O.O.O.O.O.O.O.O.O.O.O.O.O.O.O.O.[NH4+].[NH4+].[NH4+].[NH4+].[NH4+].[NH4+].[NH4+].[NH4+].[O-2].[O-2].[O-2].[O-2].[O-2].[O-2].[O-2].[O-2].[O-2].[O-2].[O-2].[O-2].[O-2].[O-2].[O-2].[O-2].[O-2].[O-2].[O-2].[O-2].[O-2].[O-2].[W+2].[W+2].[W+2].[W+2].[W+2].[W+2].[W].[W].[W].[W].[W].[W]. The zero-order chi connectivity index (χ0) is 0. The molecule has 0 aliphatic carbocycles. The zero-order valence-corrected chi connectivity index (χ0v) is 70.5. The van der Waals surface area contributed by atoms with Gasteiger partial charge >= 0.3 is 126 Å². The van der Waals surface area contributed by atoms with E-state index in [4.69, 9.17) is 0 Å². The molecule has 0 heterocycles. The summed E-state index contributed by atoms with van der Waals surface area (Å²) in [6.07, 6.45) is 0. The molecule has 0 rings (SSSR count). The van der Waals surface area contributed by atoms with E-state index in [1.807, 2.05) is 0 Å². The molecular weight excluding hydrogens is 3080 g/mol. The molecule has 68 heteroatoms. The smallest absolute Gasteiger partial charge is 2.00 e. The van der Waals surface area contributed by atoms with Crippen molar-refractivity contribution in [1.82, 2.24) is 61.5 Å². The van der Waals surface area contributed by atoms with Crippen LogP contribution in [-0.2, 0) is 373 Å². The molecule has 0 aliphatic rings. The Morgan fingerprint density at radius 2 is 0.0882 bits per heavy atom. The topological polar surface area (TPSA) is 1740 Å². The minimum absolute atomic E-state index is 0. The van der Waals surface area contributed by atoms with E-state index < -0.39 is 0 Å². The van der Waals surface area contributed by atoms with E-state index in [-0.39, 0.29) is 566 Å². The Labute approximate surface area is 559 Å². The average molecular weight is 3170 g/mol. The molecule has 0 saturated carbocycles. The van der Waals surface area contributed by atoms with E-state index in [1.165, 1.54) is 0 Å². The van der Waals surface area contributed by atoms with Crippen LogP contribution in [0.3, 0.4) is 0 Å². The van der Waals surface area contributed by atoms with Crippen LogP contribution in [0.4, 0.5) is 0 Å². The van der Waals surface area contributed by atoms with Crippen molar-refractivity contribution >= 4 is 0 Å². The summed E-state index contributed by atoms with van der Waals surface area (Å²) < 4.78 is 0. The van der Waals surface area contributed by atoms with Gasteiger partial charge < -0.3 is 313 Å². The minimum atomic E-state index is 0. The molecule has 86 N–H and O–H groups in total. The first-order chi connectivity index (χ1) is 0. The summed E-state index contributed by atoms with van der Waals surface area (Å²) >= 11 is 0. The van der Waals surface area contributed by atoms with Crippen LogP contribution in [0.1, 0.15) is 0 Å². The fourth-order valence-electron chi connectivity index (χ4n) is 0. The van der Waals surface area contributed by atoms with Crippen molar-refractivity contribution in [2.24, 2.45) is 0 Å². The molecule has 0 bridgehead atoms. The fraction of sp³-hybridized carbons (Fsp3) is 0. The Morgan fingerprint density at radius 1 is 0.0882 bits per heavy atom. The van der Waals surface area contributed by atoms with Crippen LogP contribution in [0.5, 0.6) is 0 Å². The summed E-state index contributed by atoms with van der Waals surface area (Å²) in [5.41, 5.74) is 0. The molecule has 0 radical (unpaired) electrons. The minimum Gasteiger partial charge on any atom is -2.00 e. The first-order valence-corrected chi connectivity index (χ1v) is 0. The van der Waals surface area contributed by atoms with Gasteiger partial charge in [0.2, 0.25) is 0 Å². The van der Waals surface area contributed by atoms with E-state index in [0.29, 0.717) is 0 Å². The van der Waals surface area contributed by atoms with Gasteiger partial charge in [0, 0.05) is 126 Å². The van der Waals surface area contributed by atoms with Crippen molar-refractivity contribution in [1.29, 1.82) is 0 Å². The first-order valence-electron chi connectivity index (χ1n) is 0. The molecule has 508 valence electrons. The van der Waals surface area contributed by atoms with Crippen LogP contribution in [0, 0.1) is 0 Å². The molecule has 0 unspecified atom stereocenters. The molecule has 0 aliphatic heterocycles. The summed E-state index contributed by atoms with van der Waals surface area (Å²) in [5, 5.41) is 0. The summed E-state index contributed by atoms with van der Waals surface area (Å²) in [4.78, 5) is 0. The molecular formula is H86N10O46W12-24. The molecule has 0 saturated heterocycles. The third-order valence-electron chi connectivity index (χ3n) is 0. The van der Waals surface area contributed by atoms with Gasteiger partial charge in [-0.25, -0.2) is 0 Å². The van der Waals surface area contributed by atoms with Gasteiger partial charge in [0.25, 0.3) is 0 Å². The Kier molecular flexibility index (Phi) is 1670000. The molecule has 0 aromatic rings. The van der Waals surface area contributed by atoms with Crippen molar-refractivity contribution < 1.29 is 505 Å². The van der Waals surface area contributed by atoms with Gasteiger partial charge in [0.05, 0.1) is 0 Å². The van der Waals surface area contributed by atoms with Crippen molar-refractivity contribution in [2.45, 2.75) is 0 Å². The maximum absolute atomic E-state index is 0. The third-order valence-corrected chi connectivity index (χ3v) is 0. The molecule has 0 spiro atoms. The number of hydrogen-bond donors (Lipinski definition) is 10. The largest absolute Gasteiger partial charge is 2.00 e. The van der Waals surface area contributed by atoms with E-state index in [0.717, 1.165) is 0 Å². The molecule has 68 heavy (non-hydrogen) atoms. The van der Waals surface area contributed by atoms with Gasteiger partial charge in [0.1, 0.15) is 0 Å². The number of rotatable bonds is 0. The average Bonchev–Trinajstić information content (AvgIpc) is 0. The maximum Gasteiger partial charge on any atom is 2.00 e. The quantitative estimate of drug-likeness (QED) is 0.113. The Bertz CT molecular complexity index is 83.6. The van der Waals surface area contributed by atoms with Gasteiger partial charge in [-0.15, -0.1) is 0 Å². The maximum atomic E-state index is 0. The molecule has 0 atom stereocenters. The molecule has 0 aromatic carbocycles. The molecule has 0 aromatic heterocycles. The van der Waals surface area contributed by atoms with Crippen molar-refractivity contribution in [3.05, 3.63) is 0 Å². The molecule has 0 fully saturated rings. The summed E-state index contributed by atoms with van der Waals surface area (Å²) in [6.45, 7) is 0. The zero-order valence-electron chi connectivity index (χ0n) is 35.3. The normalized spacial score (nSPS) is 0. The van der Waals surface area contributed by atoms with Crippen LogP contribution >= 0.6 is 0 Å². The molecule has 56 nitrogen and oxygen atoms in total. The predicted molar refractivity (Wildman–Crippen MR) is 160 cm³/mol. The molecule has 0 amide bonds. The standard InChI is InChI=1S/10H3N.24H2O.22O.12W/h10*1H3;24*1H2;;;;;;;;;;;;;;;;;;;;;;;;;;;;;;;;;;/q;;;;;;;;;;;;;;;;;;;;;;;;;;;;;;;;;;22*-2;;;;;;;6*+2/p+8. The van der Waals surface area contributed by atoms with Gasteiger partial charge in [-0.3, -0.25) is 0 Å². The van der Waals surface area contributed by atoms with E-state index >= 15 is 0 Å². The van der Waals surface area contributed by atoms with Crippen LogP contribution in [0.25, 0.3) is 0 Å². The Hall–Kier alpha value is 6.02. The number of quaternary nitrogens is 8. The van der Waals surface area contributed by atoms with E-state index in [9.17, 15) is 0 Å². The van der Waals surface area contributed by atoms with Gasteiger partial charge in [-0.2, -0.15) is 0 Å². The summed E-state index contributed by atoms with van der Waals surface area (Å²) in [6, 6.07) is 0. The van der Waals surface area contributed by atoms with Crippen molar-refractivity contribution in [2.75, 3.05) is 0 Å². The Morgan fingerprint density at radius 3 is 0.0882 bits per heavy atom. The third kappa shape index (κ3) is 10000. The van der Waals surface area contributed by atoms with Gasteiger partial charge in [-0.1, -0.05) is 0 Å². The van der Waals surface area contributed by atoms with Crippen molar-refractivity contribution in [3.63, 3.8) is 0 Å². The van der Waals surface area contributed by atoms with Crippen LogP contribution in [-0.4, -0.2) is 131 Å².